The zero-order chi connectivity index (χ0) is 16.0. The van der Waals surface area contributed by atoms with Crippen molar-refractivity contribution in [1.82, 2.24) is 0 Å². The molecule has 6 heteroatoms. The second-order valence-corrected chi connectivity index (χ2v) is 4.63. The molecule has 0 radical (unpaired) electrons. The van der Waals surface area contributed by atoms with Crippen LogP contribution < -0.4 is 5.73 Å². The number of nitrogens with two attached hydrogens (primary N) is 1. The normalized spacial score (nSPS) is 11.8. The van der Waals surface area contributed by atoms with Gasteiger partial charge in [0.2, 0.25) is 0 Å². The fourth-order valence-corrected chi connectivity index (χ4v) is 1.86. The molecule has 1 rings (SSSR count). The molecule has 0 amide bonds. The molecule has 0 aromatic heterocycles. The standard InChI is InChI=1S/C15H20FNO4/c1-4-6-12(15(19)20-5-2)21-14(18)11-8-10(17)7-9(3)13(11)16/h7-8,12H,4-6,17H2,1-3H3. The van der Waals surface area contributed by atoms with E-state index < -0.39 is 23.9 Å². The lowest BCUT2D eigenvalue weighted by molar-refractivity contribution is -0.153. The van der Waals surface area contributed by atoms with Gasteiger partial charge in [-0.2, -0.15) is 0 Å². The molecule has 21 heavy (non-hydrogen) atoms. The lowest BCUT2D eigenvalue weighted by Gasteiger charge is -2.16. The zero-order valence-electron chi connectivity index (χ0n) is 12.4. The molecule has 0 saturated carbocycles. The predicted octanol–water partition coefficient (Wildman–Crippen LogP) is 2.60. The third-order valence-electron chi connectivity index (χ3n) is 2.85. The maximum Gasteiger partial charge on any atom is 0.347 e. The Balaban J connectivity index is 2.94. The SMILES string of the molecule is CCCC(OC(=O)c1cc(N)cc(C)c1F)C(=O)OCC. The highest BCUT2D eigenvalue weighted by Crippen LogP contribution is 2.19. The monoisotopic (exact) mass is 297 g/mol. The average molecular weight is 297 g/mol. The van der Waals surface area contributed by atoms with Gasteiger partial charge < -0.3 is 15.2 Å². The van der Waals surface area contributed by atoms with Crippen LogP contribution in [-0.4, -0.2) is 24.6 Å². The van der Waals surface area contributed by atoms with E-state index in [0.29, 0.717) is 12.8 Å². The van der Waals surface area contributed by atoms with Crippen LogP contribution in [0.15, 0.2) is 12.1 Å². The Hall–Kier alpha value is -2.11. The lowest BCUT2D eigenvalue weighted by atomic mass is 10.1. The van der Waals surface area contributed by atoms with E-state index >= 15 is 0 Å². The average Bonchev–Trinajstić information content (AvgIpc) is 2.42. The number of hydrogen-bond acceptors (Lipinski definition) is 5. The summed E-state index contributed by atoms with van der Waals surface area (Å²) in [6.07, 6.45) is -0.105. The molecule has 1 unspecified atom stereocenters. The largest absolute Gasteiger partial charge is 0.463 e. The summed E-state index contributed by atoms with van der Waals surface area (Å²) in [6, 6.07) is 2.61. The van der Waals surface area contributed by atoms with Crippen molar-refractivity contribution in [3.8, 4) is 0 Å². The Morgan fingerprint density at radius 1 is 1.33 bits per heavy atom. The van der Waals surface area contributed by atoms with Gasteiger partial charge >= 0.3 is 11.9 Å². The number of aryl methyl sites for hydroxylation is 1. The van der Waals surface area contributed by atoms with Crippen molar-refractivity contribution in [2.75, 3.05) is 12.3 Å². The number of carbonyl (C=O) groups is 2. The number of halogens is 1. The van der Waals surface area contributed by atoms with E-state index in [2.05, 4.69) is 0 Å². The molecule has 1 atom stereocenters. The fraction of sp³-hybridized carbons (Fsp3) is 0.467. The molecule has 0 fully saturated rings. The first-order chi connectivity index (χ1) is 9.90. The van der Waals surface area contributed by atoms with Crippen LogP contribution in [0, 0.1) is 12.7 Å². The van der Waals surface area contributed by atoms with Gasteiger partial charge in [0.15, 0.2) is 6.10 Å². The molecule has 0 aliphatic rings. The molecule has 0 saturated heterocycles. The number of ether oxygens (including phenoxy) is 2. The maximum atomic E-state index is 13.9. The number of esters is 2. The summed E-state index contributed by atoms with van der Waals surface area (Å²) >= 11 is 0. The van der Waals surface area contributed by atoms with Gasteiger partial charge in [0.1, 0.15) is 5.82 Å². The van der Waals surface area contributed by atoms with Crippen LogP contribution in [0.2, 0.25) is 0 Å². The van der Waals surface area contributed by atoms with Crippen LogP contribution in [0.5, 0.6) is 0 Å². The third-order valence-corrected chi connectivity index (χ3v) is 2.85. The van der Waals surface area contributed by atoms with Gasteiger partial charge in [0.25, 0.3) is 0 Å². The van der Waals surface area contributed by atoms with E-state index in [0.717, 1.165) is 0 Å². The minimum Gasteiger partial charge on any atom is -0.463 e. The van der Waals surface area contributed by atoms with Crippen LogP contribution in [0.1, 0.15) is 42.6 Å². The van der Waals surface area contributed by atoms with Crippen LogP contribution in [-0.2, 0) is 14.3 Å². The first-order valence-corrected chi connectivity index (χ1v) is 6.83. The smallest absolute Gasteiger partial charge is 0.347 e. The zero-order valence-corrected chi connectivity index (χ0v) is 12.4. The number of anilines is 1. The van der Waals surface area contributed by atoms with Crippen molar-refractivity contribution < 1.29 is 23.5 Å². The van der Waals surface area contributed by atoms with Crippen LogP contribution >= 0.6 is 0 Å². The van der Waals surface area contributed by atoms with Gasteiger partial charge in [-0.05, 0) is 38.0 Å². The molecular weight excluding hydrogens is 277 g/mol. The minimum absolute atomic E-state index is 0.183. The predicted molar refractivity (Wildman–Crippen MR) is 76.3 cm³/mol. The Morgan fingerprint density at radius 2 is 2.00 bits per heavy atom. The summed E-state index contributed by atoms with van der Waals surface area (Å²) in [5.41, 5.74) is 5.81. The molecule has 116 valence electrons. The van der Waals surface area contributed by atoms with E-state index in [1.54, 1.807) is 6.92 Å². The summed E-state index contributed by atoms with van der Waals surface area (Å²) in [4.78, 5) is 23.7. The van der Waals surface area contributed by atoms with Gasteiger partial charge in [-0.25, -0.2) is 14.0 Å². The van der Waals surface area contributed by atoms with Crippen LogP contribution in [0.3, 0.4) is 0 Å². The lowest BCUT2D eigenvalue weighted by Crippen LogP contribution is -2.29. The summed E-state index contributed by atoms with van der Waals surface area (Å²) in [7, 11) is 0. The quantitative estimate of drug-likeness (QED) is 0.645. The highest BCUT2D eigenvalue weighted by Gasteiger charge is 2.26. The van der Waals surface area contributed by atoms with E-state index in [4.69, 9.17) is 15.2 Å². The molecule has 0 heterocycles. The number of benzene rings is 1. The van der Waals surface area contributed by atoms with Gasteiger partial charge in [0.05, 0.1) is 12.2 Å². The molecule has 1 aromatic rings. The van der Waals surface area contributed by atoms with Crippen LogP contribution in [0.4, 0.5) is 10.1 Å². The summed E-state index contributed by atoms with van der Waals surface area (Å²) in [5, 5.41) is 0. The molecular formula is C15H20FNO4. The molecule has 0 aliphatic heterocycles. The number of nitrogen functional groups attached to an aromatic ring is 1. The molecule has 1 aromatic carbocycles. The van der Waals surface area contributed by atoms with Crippen molar-refractivity contribution >= 4 is 17.6 Å². The number of hydrogen-bond donors (Lipinski definition) is 1. The van der Waals surface area contributed by atoms with Gasteiger partial charge in [-0.1, -0.05) is 13.3 Å². The minimum atomic E-state index is -1.04. The Labute approximate surface area is 123 Å². The van der Waals surface area contributed by atoms with Gasteiger partial charge in [-0.15, -0.1) is 0 Å². The van der Waals surface area contributed by atoms with Crippen molar-refractivity contribution in [1.29, 1.82) is 0 Å². The summed E-state index contributed by atoms with van der Waals surface area (Å²) in [5.74, 6) is -2.25. The van der Waals surface area contributed by atoms with Crippen molar-refractivity contribution in [3.63, 3.8) is 0 Å². The molecule has 0 aliphatic carbocycles. The Morgan fingerprint density at radius 3 is 2.57 bits per heavy atom. The van der Waals surface area contributed by atoms with Crippen molar-refractivity contribution in [3.05, 3.63) is 29.1 Å². The first-order valence-electron chi connectivity index (χ1n) is 6.83. The van der Waals surface area contributed by atoms with Gasteiger partial charge in [0, 0.05) is 5.69 Å². The van der Waals surface area contributed by atoms with Gasteiger partial charge in [-0.3, -0.25) is 0 Å². The highest BCUT2D eigenvalue weighted by molar-refractivity contribution is 5.92. The second kappa shape index (κ2) is 7.61. The van der Waals surface area contributed by atoms with E-state index in [1.165, 1.54) is 19.1 Å². The van der Waals surface area contributed by atoms with E-state index in [1.807, 2.05) is 6.92 Å². The fourth-order valence-electron chi connectivity index (χ4n) is 1.86. The number of carbonyl (C=O) groups excluding carboxylic acids is 2. The summed E-state index contributed by atoms with van der Waals surface area (Å²) < 4.78 is 23.9. The maximum absolute atomic E-state index is 13.9. The van der Waals surface area contributed by atoms with Crippen molar-refractivity contribution in [2.24, 2.45) is 0 Å². The van der Waals surface area contributed by atoms with Crippen LogP contribution in [0.25, 0.3) is 0 Å². The summed E-state index contributed by atoms with van der Waals surface area (Å²) in [6.45, 7) is 5.18. The van der Waals surface area contributed by atoms with Crippen molar-refractivity contribution in [2.45, 2.75) is 39.7 Å². The Bertz CT molecular complexity index is 531. The van der Waals surface area contributed by atoms with E-state index in [9.17, 15) is 14.0 Å². The highest BCUT2D eigenvalue weighted by atomic mass is 19.1. The molecule has 5 nitrogen and oxygen atoms in total. The molecule has 0 spiro atoms. The third kappa shape index (κ3) is 4.44. The second-order valence-electron chi connectivity index (χ2n) is 4.63. The number of rotatable bonds is 6. The topological polar surface area (TPSA) is 78.6 Å². The molecule has 0 bridgehead atoms. The van der Waals surface area contributed by atoms with E-state index in [-0.39, 0.29) is 23.4 Å². The first kappa shape index (κ1) is 16.9. The molecule has 2 N–H and O–H groups in total. The Kier molecular flexibility index (Phi) is 6.14.